The average Bonchev–Trinajstić information content (AvgIpc) is 2.86. The summed E-state index contributed by atoms with van der Waals surface area (Å²) in [5.41, 5.74) is 0.183. The summed E-state index contributed by atoms with van der Waals surface area (Å²) in [4.78, 5) is 9.62. The van der Waals surface area contributed by atoms with Gasteiger partial charge in [-0.05, 0) is 24.4 Å². The first-order valence-corrected chi connectivity index (χ1v) is 7.02. The summed E-state index contributed by atoms with van der Waals surface area (Å²) >= 11 is 5.82. The van der Waals surface area contributed by atoms with E-state index < -0.39 is 5.82 Å². The minimum atomic E-state index is -0.460. The van der Waals surface area contributed by atoms with Crippen LogP contribution in [0.2, 0.25) is 5.28 Å². The van der Waals surface area contributed by atoms with Crippen LogP contribution in [0, 0.1) is 11.2 Å². The maximum absolute atomic E-state index is 14.1. The Balaban J connectivity index is 1.82. The molecule has 1 spiro atoms. The van der Waals surface area contributed by atoms with Crippen molar-refractivity contribution in [3.05, 3.63) is 29.6 Å². The minimum absolute atomic E-state index is 0.0562. The van der Waals surface area contributed by atoms with Crippen molar-refractivity contribution in [2.24, 2.45) is 5.41 Å². The van der Waals surface area contributed by atoms with E-state index in [1.54, 1.807) is 6.20 Å². The van der Waals surface area contributed by atoms with Crippen LogP contribution < -0.4 is 4.90 Å². The van der Waals surface area contributed by atoms with Gasteiger partial charge in [0.2, 0.25) is 5.28 Å². The molecule has 0 radical (unpaired) electrons. The summed E-state index contributed by atoms with van der Waals surface area (Å²) in [7, 11) is 0. The molecule has 5 nitrogen and oxygen atoms in total. The molecule has 1 saturated carbocycles. The zero-order chi connectivity index (χ0) is 13.7. The van der Waals surface area contributed by atoms with Gasteiger partial charge in [0.15, 0.2) is 11.6 Å². The molecule has 104 valence electrons. The van der Waals surface area contributed by atoms with Crippen molar-refractivity contribution < 1.29 is 4.39 Å². The summed E-state index contributed by atoms with van der Waals surface area (Å²) in [6.45, 7) is 1.65. The molecule has 0 amide bonds. The van der Waals surface area contributed by atoms with Crippen LogP contribution >= 0.6 is 11.6 Å². The van der Waals surface area contributed by atoms with Gasteiger partial charge in [-0.2, -0.15) is 10.1 Å². The number of hydrogen-bond donors (Lipinski definition) is 0. The van der Waals surface area contributed by atoms with E-state index in [0.717, 1.165) is 37.9 Å². The van der Waals surface area contributed by atoms with Crippen LogP contribution in [0.1, 0.15) is 19.3 Å². The number of halogens is 2. The van der Waals surface area contributed by atoms with Crippen molar-refractivity contribution in [1.82, 2.24) is 19.7 Å². The van der Waals surface area contributed by atoms with Crippen molar-refractivity contribution >= 4 is 23.2 Å². The van der Waals surface area contributed by atoms with E-state index in [2.05, 4.69) is 15.1 Å². The first kappa shape index (κ1) is 12.1. The van der Waals surface area contributed by atoms with E-state index in [1.165, 1.54) is 6.42 Å². The Hall–Kier alpha value is -1.69. The van der Waals surface area contributed by atoms with Crippen LogP contribution in [0.5, 0.6) is 0 Å². The first-order valence-electron chi connectivity index (χ1n) is 6.64. The van der Waals surface area contributed by atoms with Gasteiger partial charge in [0.25, 0.3) is 0 Å². The number of aromatic nitrogens is 4. The van der Waals surface area contributed by atoms with Crippen LogP contribution in [-0.4, -0.2) is 26.3 Å². The summed E-state index contributed by atoms with van der Waals surface area (Å²) in [5.74, 6) is 0.632. The highest BCUT2D eigenvalue weighted by molar-refractivity contribution is 6.28. The van der Waals surface area contributed by atoms with Gasteiger partial charge in [-0.3, -0.25) is 0 Å². The Kier molecular flexibility index (Phi) is 2.51. The largest absolute Gasteiger partial charge is 0.308 e. The molecule has 1 fully saturated rings. The fourth-order valence-electron chi connectivity index (χ4n) is 3.16. The Morgan fingerprint density at radius 1 is 1.30 bits per heavy atom. The van der Waals surface area contributed by atoms with Gasteiger partial charge >= 0.3 is 0 Å². The SMILES string of the molecule is Fc1cnc(Cl)nc1N1CC2(CCC2)Cn2nccc21. The molecule has 3 heterocycles. The lowest BCUT2D eigenvalue weighted by atomic mass is 9.67. The molecule has 0 N–H and O–H groups in total. The summed E-state index contributed by atoms with van der Waals surface area (Å²) in [6.07, 6.45) is 6.36. The number of anilines is 2. The van der Waals surface area contributed by atoms with E-state index >= 15 is 0 Å². The molecule has 2 aromatic heterocycles. The van der Waals surface area contributed by atoms with Gasteiger partial charge in [-0.15, -0.1) is 0 Å². The molecule has 1 aliphatic carbocycles. The second kappa shape index (κ2) is 4.15. The molecule has 0 aromatic carbocycles. The van der Waals surface area contributed by atoms with Crippen molar-refractivity contribution in [2.75, 3.05) is 11.4 Å². The summed E-state index contributed by atoms with van der Waals surface area (Å²) < 4.78 is 16.0. The molecule has 0 atom stereocenters. The average molecular weight is 294 g/mol. The molecule has 0 unspecified atom stereocenters. The zero-order valence-electron chi connectivity index (χ0n) is 10.8. The number of rotatable bonds is 1. The highest BCUT2D eigenvalue weighted by atomic mass is 35.5. The molecule has 4 rings (SSSR count). The predicted molar refractivity (Wildman–Crippen MR) is 72.5 cm³/mol. The van der Waals surface area contributed by atoms with Gasteiger partial charge in [0, 0.05) is 18.0 Å². The Morgan fingerprint density at radius 2 is 2.15 bits per heavy atom. The van der Waals surface area contributed by atoms with Crippen molar-refractivity contribution in [1.29, 1.82) is 0 Å². The van der Waals surface area contributed by atoms with E-state index in [9.17, 15) is 4.39 Å². The Bertz CT molecular complexity index is 667. The standard InChI is InChI=1S/C13H13ClFN5/c14-12-16-6-9(15)11(18-12)19-7-13(3-1-4-13)8-20-10(19)2-5-17-20/h2,5-6H,1,3-4,7-8H2. The fraction of sp³-hybridized carbons (Fsp3) is 0.462. The highest BCUT2D eigenvalue weighted by Gasteiger charge is 2.44. The number of nitrogens with zero attached hydrogens (tertiary/aromatic N) is 5. The zero-order valence-corrected chi connectivity index (χ0v) is 11.5. The molecule has 0 bridgehead atoms. The molecular formula is C13H13ClFN5. The molecular weight excluding hydrogens is 281 g/mol. The molecule has 20 heavy (non-hydrogen) atoms. The smallest absolute Gasteiger partial charge is 0.224 e. The van der Waals surface area contributed by atoms with Gasteiger partial charge in [0.05, 0.1) is 18.9 Å². The van der Waals surface area contributed by atoms with E-state index in [-0.39, 0.29) is 16.5 Å². The van der Waals surface area contributed by atoms with Crippen LogP contribution in [0.15, 0.2) is 18.5 Å². The second-order valence-corrected chi connectivity index (χ2v) is 5.94. The predicted octanol–water partition coefficient (Wildman–Crippen LogP) is 2.79. The molecule has 2 aliphatic rings. The molecule has 7 heteroatoms. The van der Waals surface area contributed by atoms with Crippen molar-refractivity contribution in [3.63, 3.8) is 0 Å². The fourth-order valence-corrected chi connectivity index (χ4v) is 3.29. The van der Waals surface area contributed by atoms with Gasteiger partial charge < -0.3 is 4.90 Å². The second-order valence-electron chi connectivity index (χ2n) is 5.60. The van der Waals surface area contributed by atoms with Crippen LogP contribution in [-0.2, 0) is 6.54 Å². The first-order chi connectivity index (χ1) is 9.67. The minimum Gasteiger partial charge on any atom is -0.308 e. The summed E-state index contributed by atoms with van der Waals surface area (Å²) in [5, 5.41) is 4.39. The molecule has 1 aliphatic heterocycles. The molecule has 2 aromatic rings. The van der Waals surface area contributed by atoms with Gasteiger partial charge in [0.1, 0.15) is 5.82 Å². The third kappa shape index (κ3) is 1.71. The van der Waals surface area contributed by atoms with Crippen molar-refractivity contribution in [3.8, 4) is 0 Å². The molecule has 0 saturated heterocycles. The number of hydrogen-bond acceptors (Lipinski definition) is 4. The lowest BCUT2D eigenvalue weighted by molar-refractivity contribution is 0.0996. The van der Waals surface area contributed by atoms with E-state index in [1.807, 2.05) is 15.6 Å². The summed E-state index contributed by atoms with van der Waals surface area (Å²) in [6, 6.07) is 1.88. The third-order valence-electron chi connectivity index (χ3n) is 4.32. The van der Waals surface area contributed by atoms with Crippen LogP contribution in [0.25, 0.3) is 0 Å². The monoisotopic (exact) mass is 293 g/mol. The highest BCUT2D eigenvalue weighted by Crippen LogP contribution is 2.48. The van der Waals surface area contributed by atoms with Crippen molar-refractivity contribution in [2.45, 2.75) is 25.8 Å². The van der Waals surface area contributed by atoms with E-state index in [4.69, 9.17) is 11.6 Å². The lowest BCUT2D eigenvalue weighted by Gasteiger charge is -2.48. The quantitative estimate of drug-likeness (QED) is 0.759. The van der Waals surface area contributed by atoms with Gasteiger partial charge in [-0.25, -0.2) is 14.1 Å². The van der Waals surface area contributed by atoms with Crippen LogP contribution in [0.4, 0.5) is 16.0 Å². The topological polar surface area (TPSA) is 46.8 Å². The Morgan fingerprint density at radius 3 is 2.90 bits per heavy atom. The number of fused-ring (bicyclic) bond motifs is 1. The third-order valence-corrected chi connectivity index (χ3v) is 4.50. The van der Waals surface area contributed by atoms with Gasteiger partial charge in [-0.1, -0.05) is 6.42 Å². The maximum Gasteiger partial charge on any atom is 0.224 e. The van der Waals surface area contributed by atoms with E-state index in [0.29, 0.717) is 0 Å². The maximum atomic E-state index is 14.1. The Labute approximate surface area is 120 Å². The van der Waals surface area contributed by atoms with Crippen LogP contribution in [0.3, 0.4) is 0 Å². The lowest BCUT2D eigenvalue weighted by Crippen LogP contribution is -2.48. The normalized spacial score (nSPS) is 19.8.